The van der Waals surface area contributed by atoms with E-state index in [1.54, 1.807) is 18.2 Å². The summed E-state index contributed by atoms with van der Waals surface area (Å²) in [6.45, 7) is -0.400. The zero-order valence-corrected chi connectivity index (χ0v) is 14.7. The van der Waals surface area contributed by atoms with Crippen LogP contribution in [0, 0.1) is 0 Å². The number of halogens is 2. The van der Waals surface area contributed by atoms with Gasteiger partial charge in [-0.1, -0.05) is 35.0 Å². The maximum atomic E-state index is 12.0. The van der Waals surface area contributed by atoms with Crippen LogP contribution in [0.5, 0.6) is 0 Å². The van der Waals surface area contributed by atoms with Gasteiger partial charge in [-0.15, -0.1) is 0 Å². The Labute approximate surface area is 152 Å². The van der Waals surface area contributed by atoms with Crippen molar-refractivity contribution in [2.75, 3.05) is 11.1 Å². The number of nitrogens with two attached hydrogens (primary N) is 1. The number of nitrogens with one attached hydrogen (secondary N) is 1. The van der Waals surface area contributed by atoms with Gasteiger partial charge in [-0.3, -0.25) is 9.59 Å². The smallest absolute Gasteiger partial charge is 0.237 e. The van der Waals surface area contributed by atoms with Crippen LogP contribution in [-0.2, 0) is 22.7 Å². The van der Waals surface area contributed by atoms with E-state index in [2.05, 4.69) is 10.3 Å². The molecule has 0 fully saturated rings. The fraction of sp³-hybridized carbons (Fsp3) is 0.214. The Bertz CT molecular complexity index is 766. The van der Waals surface area contributed by atoms with Gasteiger partial charge < -0.3 is 20.7 Å². The minimum atomic E-state index is -0.565. The third-order valence-electron chi connectivity index (χ3n) is 2.91. The van der Waals surface area contributed by atoms with Crippen LogP contribution in [0.1, 0.15) is 5.69 Å². The lowest BCUT2D eigenvalue weighted by Crippen LogP contribution is -2.21. The zero-order valence-electron chi connectivity index (χ0n) is 12.3. The Balaban J connectivity index is 1.99. The highest BCUT2D eigenvalue weighted by molar-refractivity contribution is 7.99. The van der Waals surface area contributed by atoms with Crippen molar-refractivity contribution in [2.45, 2.75) is 18.3 Å². The van der Waals surface area contributed by atoms with Crippen LogP contribution in [0.3, 0.4) is 0 Å². The Morgan fingerprint density at radius 3 is 2.71 bits per heavy atom. The summed E-state index contributed by atoms with van der Waals surface area (Å²) in [5, 5.41) is 13.1. The number of nitrogens with zero attached hydrogens (tertiary/aromatic N) is 2. The summed E-state index contributed by atoms with van der Waals surface area (Å²) >= 11 is 12.8. The van der Waals surface area contributed by atoms with Crippen molar-refractivity contribution in [3.8, 4) is 0 Å². The number of hydrogen-bond acceptors (Lipinski definition) is 5. The van der Waals surface area contributed by atoms with E-state index in [0.717, 1.165) is 11.8 Å². The molecule has 0 atom stereocenters. The summed E-state index contributed by atoms with van der Waals surface area (Å²) in [6.07, 6.45) is 1.43. The van der Waals surface area contributed by atoms with Gasteiger partial charge in [-0.2, -0.15) is 0 Å². The normalized spacial score (nSPS) is 10.6. The number of hydrogen-bond donors (Lipinski definition) is 3. The van der Waals surface area contributed by atoms with E-state index in [1.807, 2.05) is 0 Å². The molecule has 7 nitrogen and oxygen atoms in total. The van der Waals surface area contributed by atoms with Gasteiger partial charge in [0.15, 0.2) is 5.16 Å². The zero-order chi connectivity index (χ0) is 17.7. The topological polar surface area (TPSA) is 110 Å². The van der Waals surface area contributed by atoms with Gasteiger partial charge in [0, 0.05) is 5.69 Å². The summed E-state index contributed by atoms with van der Waals surface area (Å²) < 4.78 is 1.47. The van der Waals surface area contributed by atoms with E-state index >= 15 is 0 Å². The van der Waals surface area contributed by atoms with Crippen molar-refractivity contribution >= 4 is 52.5 Å². The third-order valence-corrected chi connectivity index (χ3v) is 4.64. The molecule has 128 valence electrons. The molecule has 2 aromatic rings. The molecule has 4 N–H and O–H groups in total. The average molecular weight is 389 g/mol. The minimum absolute atomic E-state index is 0.0564. The third kappa shape index (κ3) is 4.88. The second-order valence-electron chi connectivity index (χ2n) is 4.71. The summed E-state index contributed by atoms with van der Waals surface area (Å²) in [7, 11) is 0. The quantitative estimate of drug-likeness (QED) is 0.627. The SMILES string of the molecule is NC(=O)Cn1c(CO)cnc1SCC(=O)Nc1ccc(Cl)c(Cl)c1. The lowest BCUT2D eigenvalue weighted by Gasteiger charge is -2.09. The van der Waals surface area contributed by atoms with Gasteiger partial charge in [0.05, 0.1) is 34.3 Å². The summed E-state index contributed by atoms with van der Waals surface area (Å²) in [5.74, 6) is -0.789. The number of imidazole rings is 1. The number of primary amides is 1. The second kappa shape index (κ2) is 8.39. The molecule has 1 aromatic carbocycles. The van der Waals surface area contributed by atoms with Gasteiger partial charge in [0.25, 0.3) is 0 Å². The number of carbonyl (C=O) groups excluding carboxylic acids is 2. The van der Waals surface area contributed by atoms with E-state index in [1.165, 1.54) is 10.8 Å². The highest BCUT2D eigenvalue weighted by Crippen LogP contribution is 2.25. The molecular weight excluding hydrogens is 375 g/mol. The Morgan fingerprint density at radius 2 is 2.08 bits per heavy atom. The molecule has 1 aromatic heterocycles. The summed E-state index contributed by atoms with van der Waals surface area (Å²) in [4.78, 5) is 27.2. The molecule has 24 heavy (non-hydrogen) atoms. The van der Waals surface area contributed by atoms with Crippen molar-refractivity contribution in [3.05, 3.63) is 40.1 Å². The molecule has 1 heterocycles. The van der Waals surface area contributed by atoms with Gasteiger partial charge in [-0.05, 0) is 18.2 Å². The number of benzene rings is 1. The molecular formula is C14H14Cl2N4O3S. The van der Waals surface area contributed by atoms with Gasteiger partial charge in [0.2, 0.25) is 11.8 Å². The first-order chi connectivity index (χ1) is 11.4. The van der Waals surface area contributed by atoms with Crippen LogP contribution < -0.4 is 11.1 Å². The van der Waals surface area contributed by atoms with Crippen molar-refractivity contribution < 1.29 is 14.7 Å². The van der Waals surface area contributed by atoms with Gasteiger partial charge >= 0.3 is 0 Å². The van der Waals surface area contributed by atoms with Gasteiger partial charge in [-0.25, -0.2) is 4.98 Å². The molecule has 0 unspecified atom stereocenters. The fourth-order valence-corrected chi connectivity index (χ4v) is 2.95. The molecule has 0 bridgehead atoms. The number of aromatic nitrogens is 2. The maximum Gasteiger partial charge on any atom is 0.237 e. The lowest BCUT2D eigenvalue weighted by atomic mass is 10.3. The van der Waals surface area contributed by atoms with Crippen LogP contribution in [0.15, 0.2) is 29.6 Å². The molecule has 0 aliphatic rings. The first-order valence-electron chi connectivity index (χ1n) is 6.72. The van der Waals surface area contributed by atoms with Crippen LogP contribution in [0.25, 0.3) is 0 Å². The predicted octanol–water partition coefficient (Wildman–Crippen LogP) is 1.90. The monoisotopic (exact) mass is 388 g/mol. The van der Waals surface area contributed by atoms with Crippen LogP contribution in [-0.4, -0.2) is 32.2 Å². The van der Waals surface area contributed by atoms with Crippen molar-refractivity contribution in [2.24, 2.45) is 5.73 Å². The van der Waals surface area contributed by atoms with Crippen LogP contribution in [0.2, 0.25) is 10.0 Å². The van der Waals surface area contributed by atoms with E-state index in [0.29, 0.717) is 26.6 Å². The molecule has 0 aliphatic carbocycles. The number of aliphatic hydroxyl groups is 1. The number of anilines is 1. The molecule has 0 saturated carbocycles. The van der Waals surface area contributed by atoms with Crippen molar-refractivity contribution in [3.63, 3.8) is 0 Å². The van der Waals surface area contributed by atoms with Crippen molar-refractivity contribution in [1.29, 1.82) is 0 Å². The molecule has 0 radical (unpaired) electrons. The summed E-state index contributed by atoms with van der Waals surface area (Å²) in [5.41, 5.74) is 6.15. The van der Waals surface area contributed by atoms with Crippen LogP contribution >= 0.6 is 35.0 Å². The Morgan fingerprint density at radius 1 is 1.33 bits per heavy atom. The van der Waals surface area contributed by atoms with Crippen molar-refractivity contribution in [1.82, 2.24) is 9.55 Å². The lowest BCUT2D eigenvalue weighted by molar-refractivity contribution is -0.118. The average Bonchev–Trinajstić information content (AvgIpc) is 2.90. The number of carbonyl (C=O) groups is 2. The molecule has 0 aliphatic heterocycles. The Hall–Kier alpha value is -1.74. The number of amides is 2. The second-order valence-corrected chi connectivity index (χ2v) is 6.47. The highest BCUT2D eigenvalue weighted by atomic mass is 35.5. The first-order valence-corrected chi connectivity index (χ1v) is 8.46. The fourth-order valence-electron chi connectivity index (χ4n) is 1.86. The van der Waals surface area contributed by atoms with E-state index in [4.69, 9.17) is 28.9 Å². The number of rotatable bonds is 7. The Kier molecular flexibility index (Phi) is 6.50. The van der Waals surface area contributed by atoms with E-state index in [9.17, 15) is 14.7 Å². The molecule has 0 spiro atoms. The first kappa shape index (κ1) is 18.6. The number of thioether (sulfide) groups is 1. The molecule has 2 amide bonds. The molecule has 0 saturated heterocycles. The summed E-state index contributed by atoms with van der Waals surface area (Å²) in [6, 6.07) is 4.76. The standard InChI is InChI=1S/C14H14Cl2N4O3S/c15-10-2-1-8(3-11(10)16)19-13(23)7-24-14-18-4-9(6-21)20(14)5-12(17)22/h1-4,21H,5-7H2,(H2,17,22)(H,19,23). The van der Waals surface area contributed by atoms with E-state index < -0.39 is 5.91 Å². The largest absolute Gasteiger partial charge is 0.390 e. The van der Waals surface area contributed by atoms with Gasteiger partial charge in [0.1, 0.15) is 6.54 Å². The van der Waals surface area contributed by atoms with Crippen LogP contribution in [0.4, 0.5) is 5.69 Å². The van der Waals surface area contributed by atoms with E-state index in [-0.39, 0.29) is 24.8 Å². The highest BCUT2D eigenvalue weighted by Gasteiger charge is 2.14. The minimum Gasteiger partial charge on any atom is -0.390 e. The molecule has 10 heteroatoms. The predicted molar refractivity (Wildman–Crippen MR) is 93.2 cm³/mol. The molecule has 2 rings (SSSR count). The number of aliphatic hydroxyl groups excluding tert-OH is 1. The maximum absolute atomic E-state index is 12.0.